The van der Waals surface area contributed by atoms with Gasteiger partial charge in [-0.1, -0.05) is 18.2 Å². The Morgan fingerprint density at radius 2 is 1.70 bits per heavy atom. The van der Waals surface area contributed by atoms with E-state index in [1.165, 1.54) is 0 Å². The van der Waals surface area contributed by atoms with Crippen LogP contribution in [0.15, 0.2) is 42.5 Å². The predicted octanol–water partition coefficient (Wildman–Crippen LogP) is 2.58. The number of likely N-dealkylation sites (tertiary alicyclic amines) is 1. The molecule has 3 aliphatic heterocycles. The Morgan fingerprint density at radius 1 is 0.973 bits per heavy atom. The molecule has 1 unspecified atom stereocenters. The normalized spacial score (nSPS) is 20.2. The summed E-state index contributed by atoms with van der Waals surface area (Å²) in [6, 6.07) is 11.6. The van der Waals surface area contributed by atoms with E-state index >= 15 is 0 Å². The fourth-order valence-electron chi connectivity index (χ4n) is 5.46. The van der Waals surface area contributed by atoms with Crippen molar-refractivity contribution in [3.8, 4) is 5.75 Å². The number of methoxy groups -OCH3 is 1. The predicted molar refractivity (Wildman–Crippen MR) is 133 cm³/mol. The monoisotopic (exact) mass is 503 g/mol. The molecule has 1 N–H and O–H groups in total. The summed E-state index contributed by atoms with van der Waals surface area (Å²) < 4.78 is 5.33. The van der Waals surface area contributed by atoms with Crippen LogP contribution in [-0.4, -0.2) is 65.6 Å². The number of hydrogen-bond acceptors (Lipinski definition) is 6. The number of ether oxygens (including phenoxy) is 1. The Hall–Kier alpha value is -4.01. The van der Waals surface area contributed by atoms with Gasteiger partial charge in [0.2, 0.25) is 11.8 Å². The lowest BCUT2D eigenvalue weighted by molar-refractivity contribution is -0.136. The van der Waals surface area contributed by atoms with E-state index < -0.39 is 29.7 Å². The Labute approximate surface area is 214 Å². The smallest absolute Gasteiger partial charge is 0.262 e. The molecular weight excluding hydrogens is 474 g/mol. The van der Waals surface area contributed by atoms with Gasteiger partial charge < -0.3 is 9.64 Å². The Morgan fingerprint density at radius 3 is 2.43 bits per heavy atom. The number of rotatable bonds is 6. The number of imide groups is 2. The van der Waals surface area contributed by atoms with Crippen molar-refractivity contribution < 1.29 is 28.7 Å². The van der Waals surface area contributed by atoms with Crippen molar-refractivity contribution in [3.63, 3.8) is 0 Å². The van der Waals surface area contributed by atoms with Crippen LogP contribution in [0.1, 0.15) is 68.7 Å². The van der Waals surface area contributed by atoms with E-state index in [0.717, 1.165) is 36.1 Å². The number of piperidine rings is 2. The van der Waals surface area contributed by atoms with E-state index in [1.54, 1.807) is 31.4 Å². The lowest BCUT2D eigenvalue weighted by Crippen LogP contribution is -2.54. The van der Waals surface area contributed by atoms with Gasteiger partial charge in [-0.05, 0) is 67.9 Å². The standard InChI is InChI=1S/C28H29N3O6/c1-37-23-5-3-2-4-20(23)26(34)30-14-12-17(13-15-30)6-7-18-8-9-19-21(16-18)28(36)31(27(19)35)22-10-11-24(32)29-25(22)33/h2-5,8-9,16-17,22H,6-7,10-15H2,1H3,(H,29,32,33). The second kappa shape index (κ2) is 10.2. The van der Waals surface area contributed by atoms with Gasteiger partial charge in [-0.15, -0.1) is 0 Å². The molecule has 0 saturated carbocycles. The van der Waals surface area contributed by atoms with Gasteiger partial charge in [0.15, 0.2) is 0 Å². The summed E-state index contributed by atoms with van der Waals surface area (Å²) in [6.07, 6.45) is 3.69. The van der Waals surface area contributed by atoms with E-state index in [1.807, 2.05) is 23.1 Å². The quantitative estimate of drug-likeness (QED) is 0.607. The van der Waals surface area contributed by atoms with Gasteiger partial charge in [0.1, 0.15) is 11.8 Å². The molecule has 9 heteroatoms. The molecule has 0 spiro atoms. The van der Waals surface area contributed by atoms with E-state index in [9.17, 15) is 24.0 Å². The maximum absolute atomic E-state index is 13.0. The lowest BCUT2D eigenvalue weighted by Gasteiger charge is -2.32. The van der Waals surface area contributed by atoms with Gasteiger partial charge in [0.25, 0.3) is 17.7 Å². The number of para-hydroxylation sites is 1. The van der Waals surface area contributed by atoms with E-state index in [2.05, 4.69) is 5.32 Å². The molecule has 1 atom stereocenters. The molecule has 192 valence electrons. The second-order valence-corrected chi connectivity index (χ2v) is 9.80. The number of nitrogens with one attached hydrogen (secondary N) is 1. The second-order valence-electron chi connectivity index (χ2n) is 9.80. The molecule has 2 aromatic carbocycles. The first kappa shape index (κ1) is 24.7. The van der Waals surface area contributed by atoms with Crippen molar-refractivity contribution in [1.82, 2.24) is 15.1 Å². The molecule has 3 heterocycles. The molecule has 2 saturated heterocycles. The van der Waals surface area contributed by atoms with Crippen LogP contribution < -0.4 is 10.1 Å². The van der Waals surface area contributed by atoms with Gasteiger partial charge in [-0.25, -0.2) is 0 Å². The van der Waals surface area contributed by atoms with Gasteiger partial charge >= 0.3 is 0 Å². The molecule has 37 heavy (non-hydrogen) atoms. The van der Waals surface area contributed by atoms with Crippen molar-refractivity contribution in [2.45, 2.75) is 44.6 Å². The molecule has 5 amide bonds. The molecule has 3 aliphatic rings. The molecule has 0 aliphatic carbocycles. The number of carbonyl (C=O) groups excluding carboxylic acids is 5. The van der Waals surface area contributed by atoms with Crippen molar-refractivity contribution >= 4 is 29.5 Å². The highest BCUT2D eigenvalue weighted by Crippen LogP contribution is 2.30. The van der Waals surface area contributed by atoms with Crippen LogP contribution in [0.25, 0.3) is 0 Å². The Balaban J connectivity index is 1.18. The minimum Gasteiger partial charge on any atom is -0.496 e. The first-order chi connectivity index (χ1) is 17.9. The maximum Gasteiger partial charge on any atom is 0.262 e. The third-order valence-corrected chi connectivity index (χ3v) is 7.58. The molecule has 0 aromatic heterocycles. The number of aryl methyl sites for hydroxylation is 1. The Bertz CT molecular complexity index is 1280. The summed E-state index contributed by atoms with van der Waals surface area (Å²) >= 11 is 0. The first-order valence-electron chi connectivity index (χ1n) is 12.6. The third kappa shape index (κ3) is 4.73. The summed E-state index contributed by atoms with van der Waals surface area (Å²) in [5.74, 6) is -0.967. The average molecular weight is 504 g/mol. The molecular formula is C28H29N3O6. The van der Waals surface area contributed by atoms with Gasteiger partial charge in [-0.2, -0.15) is 0 Å². The van der Waals surface area contributed by atoms with Crippen molar-refractivity contribution in [2.75, 3.05) is 20.2 Å². The molecule has 0 bridgehead atoms. The van der Waals surface area contributed by atoms with Crippen LogP contribution in [0.5, 0.6) is 5.75 Å². The van der Waals surface area contributed by atoms with Crippen LogP contribution in [0.4, 0.5) is 0 Å². The maximum atomic E-state index is 13.0. The van der Waals surface area contributed by atoms with Gasteiger partial charge in [-0.3, -0.25) is 34.2 Å². The van der Waals surface area contributed by atoms with Gasteiger partial charge in [0.05, 0.1) is 23.8 Å². The highest BCUT2D eigenvalue weighted by Gasteiger charge is 2.44. The zero-order valence-corrected chi connectivity index (χ0v) is 20.7. The van der Waals surface area contributed by atoms with Crippen LogP contribution in [0, 0.1) is 5.92 Å². The minimum absolute atomic E-state index is 0.0155. The summed E-state index contributed by atoms with van der Waals surface area (Å²) in [5, 5.41) is 2.21. The SMILES string of the molecule is COc1ccccc1C(=O)N1CCC(CCc2ccc3c(c2)C(=O)N(C2CCC(=O)NC2=O)C3=O)CC1. The third-order valence-electron chi connectivity index (χ3n) is 7.58. The summed E-state index contributed by atoms with van der Waals surface area (Å²) in [4.78, 5) is 65.4. The number of amides is 5. The number of benzene rings is 2. The largest absolute Gasteiger partial charge is 0.496 e. The lowest BCUT2D eigenvalue weighted by atomic mass is 9.89. The van der Waals surface area contributed by atoms with E-state index in [4.69, 9.17) is 4.74 Å². The number of hydrogen-bond donors (Lipinski definition) is 1. The highest BCUT2D eigenvalue weighted by molar-refractivity contribution is 6.23. The van der Waals surface area contributed by atoms with Gasteiger partial charge in [0, 0.05) is 19.5 Å². The summed E-state index contributed by atoms with van der Waals surface area (Å²) in [6.45, 7) is 1.36. The number of fused-ring (bicyclic) bond motifs is 1. The van der Waals surface area contributed by atoms with Crippen molar-refractivity contribution in [1.29, 1.82) is 0 Å². The number of carbonyl (C=O) groups is 5. The number of nitrogens with zero attached hydrogens (tertiary/aromatic N) is 2. The zero-order chi connectivity index (χ0) is 26.1. The fourth-order valence-corrected chi connectivity index (χ4v) is 5.46. The molecule has 2 aromatic rings. The minimum atomic E-state index is -0.961. The van der Waals surface area contributed by atoms with E-state index in [0.29, 0.717) is 41.4 Å². The molecule has 0 radical (unpaired) electrons. The summed E-state index contributed by atoms with van der Waals surface area (Å²) in [5.41, 5.74) is 2.13. The van der Waals surface area contributed by atoms with Crippen molar-refractivity contribution in [3.05, 3.63) is 64.7 Å². The van der Waals surface area contributed by atoms with Crippen molar-refractivity contribution in [2.24, 2.45) is 5.92 Å². The highest BCUT2D eigenvalue weighted by atomic mass is 16.5. The van der Waals surface area contributed by atoms with Crippen LogP contribution in [-0.2, 0) is 16.0 Å². The zero-order valence-electron chi connectivity index (χ0n) is 20.7. The Kier molecular flexibility index (Phi) is 6.78. The topological polar surface area (TPSA) is 113 Å². The summed E-state index contributed by atoms with van der Waals surface area (Å²) in [7, 11) is 1.56. The van der Waals surface area contributed by atoms with E-state index in [-0.39, 0.29) is 18.7 Å². The first-order valence-corrected chi connectivity index (χ1v) is 12.6. The van der Waals surface area contributed by atoms with Crippen LogP contribution in [0.2, 0.25) is 0 Å². The fraction of sp³-hybridized carbons (Fsp3) is 0.393. The van der Waals surface area contributed by atoms with Crippen LogP contribution >= 0.6 is 0 Å². The molecule has 2 fully saturated rings. The van der Waals surface area contributed by atoms with Crippen LogP contribution in [0.3, 0.4) is 0 Å². The average Bonchev–Trinajstić information content (AvgIpc) is 3.16. The molecule has 9 nitrogen and oxygen atoms in total. The molecule has 5 rings (SSSR count).